The SMILES string of the molecule is CC(C)(Br)C(=O)c1ccc(Sc2ccc(C(=O)c3ccccc3O)cc2)cc1. The number of rotatable bonds is 6. The van der Waals surface area contributed by atoms with E-state index in [4.69, 9.17) is 0 Å². The summed E-state index contributed by atoms with van der Waals surface area (Å²) in [6.45, 7) is 3.66. The predicted molar refractivity (Wildman–Crippen MR) is 116 cm³/mol. The summed E-state index contributed by atoms with van der Waals surface area (Å²) >= 11 is 4.95. The van der Waals surface area contributed by atoms with Gasteiger partial charge in [0.25, 0.3) is 0 Å². The summed E-state index contributed by atoms with van der Waals surface area (Å²) in [6.07, 6.45) is 0. The molecular formula is C23H19BrO3S. The second-order valence-electron chi connectivity index (χ2n) is 6.80. The lowest BCUT2D eigenvalue weighted by Gasteiger charge is -2.14. The van der Waals surface area contributed by atoms with Gasteiger partial charge < -0.3 is 5.11 Å². The second-order valence-corrected chi connectivity index (χ2v) is 9.93. The minimum absolute atomic E-state index is 0.0211. The van der Waals surface area contributed by atoms with Crippen molar-refractivity contribution in [2.45, 2.75) is 28.0 Å². The molecule has 0 fully saturated rings. The monoisotopic (exact) mass is 454 g/mol. The van der Waals surface area contributed by atoms with Gasteiger partial charge in [0.05, 0.1) is 9.89 Å². The van der Waals surface area contributed by atoms with Crippen LogP contribution in [-0.2, 0) is 0 Å². The minimum Gasteiger partial charge on any atom is -0.507 e. The number of ketones is 2. The van der Waals surface area contributed by atoms with Crippen LogP contribution in [0.2, 0.25) is 0 Å². The van der Waals surface area contributed by atoms with E-state index in [0.717, 1.165) is 9.79 Å². The van der Waals surface area contributed by atoms with E-state index >= 15 is 0 Å². The molecule has 3 aromatic carbocycles. The first-order chi connectivity index (χ1) is 13.3. The van der Waals surface area contributed by atoms with Crippen molar-refractivity contribution >= 4 is 39.3 Å². The standard InChI is InChI=1S/C23H19BrO3S/c1-23(2,24)22(27)16-9-13-18(14-10-16)28-17-11-7-15(8-12-17)21(26)19-5-3-4-6-20(19)25/h3-14,25H,1-2H3. The van der Waals surface area contributed by atoms with Crippen molar-refractivity contribution in [2.24, 2.45) is 0 Å². The molecule has 1 N–H and O–H groups in total. The van der Waals surface area contributed by atoms with Crippen LogP contribution in [0.4, 0.5) is 0 Å². The van der Waals surface area contributed by atoms with Crippen LogP contribution in [-0.4, -0.2) is 21.0 Å². The molecule has 3 rings (SSSR count). The van der Waals surface area contributed by atoms with Gasteiger partial charge in [0.1, 0.15) is 5.75 Å². The van der Waals surface area contributed by atoms with Gasteiger partial charge in [0.2, 0.25) is 0 Å². The maximum atomic E-state index is 12.5. The summed E-state index contributed by atoms with van der Waals surface area (Å²) in [4.78, 5) is 26.8. The van der Waals surface area contributed by atoms with Crippen LogP contribution < -0.4 is 0 Å². The number of para-hydroxylation sites is 1. The number of halogens is 1. The molecule has 0 saturated carbocycles. The van der Waals surface area contributed by atoms with E-state index in [1.165, 1.54) is 6.07 Å². The van der Waals surface area contributed by atoms with Gasteiger partial charge in [-0.25, -0.2) is 0 Å². The molecule has 0 bridgehead atoms. The molecule has 0 aliphatic rings. The number of hydrogen-bond acceptors (Lipinski definition) is 4. The van der Waals surface area contributed by atoms with Crippen LogP contribution >= 0.6 is 27.7 Å². The molecule has 0 spiro atoms. The Hall–Kier alpha value is -2.37. The van der Waals surface area contributed by atoms with Crippen LogP contribution in [0.5, 0.6) is 5.75 Å². The zero-order chi connectivity index (χ0) is 20.3. The van der Waals surface area contributed by atoms with E-state index in [1.807, 2.05) is 50.2 Å². The first-order valence-electron chi connectivity index (χ1n) is 8.70. The molecule has 0 unspecified atom stereocenters. The molecule has 0 aromatic heterocycles. The predicted octanol–water partition coefficient (Wildman–Crippen LogP) is 6.13. The van der Waals surface area contributed by atoms with Gasteiger partial charge in [-0.1, -0.05) is 52.0 Å². The van der Waals surface area contributed by atoms with Crippen LogP contribution in [0, 0.1) is 0 Å². The smallest absolute Gasteiger partial charge is 0.196 e. The van der Waals surface area contributed by atoms with Crippen LogP contribution in [0.25, 0.3) is 0 Å². The molecule has 0 aliphatic heterocycles. The average molecular weight is 455 g/mol. The lowest BCUT2D eigenvalue weighted by Crippen LogP contribution is -2.23. The lowest BCUT2D eigenvalue weighted by molar-refractivity contribution is 0.0960. The molecule has 28 heavy (non-hydrogen) atoms. The first-order valence-corrected chi connectivity index (χ1v) is 10.3. The van der Waals surface area contributed by atoms with E-state index < -0.39 is 4.32 Å². The van der Waals surface area contributed by atoms with Crippen molar-refractivity contribution < 1.29 is 14.7 Å². The molecular weight excluding hydrogens is 436 g/mol. The molecule has 3 nitrogen and oxygen atoms in total. The summed E-state index contributed by atoms with van der Waals surface area (Å²) in [5.41, 5.74) is 1.47. The molecule has 0 amide bonds. The highest BCUT2D eigenvalue weighted by Gasteiger charge is 2.24. The van der Waals surface area contributed by atoms with Crippen LogP contribution in [0.15, 0.2) is 82.6 Å². The zero-order valence-electron chi connectivity index (χ0n) is 15.5. The van der Waals surface area contributed by atoms with Gasteiger partial charge >= 0.3 is 0 Å². The highest BCUT2D eigenvalue weighted by atomic mass is 79.9. The van der Waals surface area contributed by atoms with Gasteiger partial charge in [-0.15, -0.1) is 0 Å². The summed E-state index contributed by atoms with van der Waals surface area (Å²) in [6, 6.07) is 21.2. The Balaban J connectivity index is 1.72. The topological polar surface area (TPSA) is 54.4 Å². The molecule has 0 atom stereocenters. The van der Waals surface area contributed by atoms with E-state index in [0.29, 0.717) is 11.1 Å². The largest absolute Gasteiger partial charge is 0.507 e. The fourth-order valence-corrected chi connectivity index (χ4v) is 3.69. The average Bonchev–Trinajstić information content (AvgIpc) is 2.68. The number of carbonyl (C=O) groups excluding carboxylic acids is 2. The number of benzene rings is 3. The van der Waals surface area contributed by atoms with Gasteiger partial charge in [-0.3, -0.25) is 9.59 Å². The Morgan fingerprint density at radius 3 is 1.82 bits per heavy atom. The Morgan fingerprint density at radius 2 is 1.32 bits per heavy atom. The minimum atomic E-state index is -0.586. The van der Waals surface area contributed by atoms with Crippen molar-refractivity contribution in [1.29, 1.82) is 0 Å². The Morgan fingerprint density at radius 1 is 0.821 bits per heavy atom. The second kappa shape index (κ2) is 8.33. The Bertz CT molecular complexity index is 1000. The fourth-order valence-electron chi connectivity index (χ4n) is 2.65. The van der Waals surface area contributed by atoms with Crippen LogP contribution in [0.1, 0.15) is 40.1 Å². The molecule has 0 saturated heterocycles. The highest BCUT2D eigenvalue weighted by molar-refractivity contribution is 9.10. The molecule has 0 heterocycles. The van der Waals surface area contributed by atoms with Crippen molar-refractivity contribution in [3.8, 4) is 5.75 Å². The molecule has 0 radical (unpaired) electrons. The number of aromatic hydroxyl groups is 1. The molecule has 5 heteroatoms. The Labute approximate surface area is 176 Å². The summed E-state index contributed by atoms with van der Waals surface area (Å²) in [5.74, 6) is -0.196. The number of carbonyl (C=O) groups is 2. The third kappa shape index (κ3) is 4.72. The van der Waals surface area contributed by atoms with Gasteiger partial charge in [0, 0.05) is 20.9 Å². The normalized spacial score (nSPS) is 11.2. The summed E-state index contributed by atoms with van der Waals surface area (Å²) in [7, 11) is 0. The number of phenols is 1. The van der Waals surface area contributed by atoms with E-state index in [9.17, 15) is 14.7 Å². The van der Waals surface area contributed by atoms with Gasteiger partial charge in [-0.05, 0) is 62.4 Å². The quantitative estimate of drug-likeness (QED) is 0.359. The zero-order valence-corrected chi connectivity index (χ0v) is 17.9. The number of Topliss-reactive ketones (excluding diaryl/α,β-unsaturated/α-hetero) is 1. The van der Waals surface area contributed by atoms with E-state index in [-0.39, 0.29) is 22.9 Å². The fraction of sp³-hybridized carbons (Fsp3) is 0.130. The third-order valence-corrected chi connectivity index (χ3v) is 5.53. The maximum Gasteiger partial charge on any atom is 0.196 e. The Kier molecular flexibility index (Phi) is 6.06. The maximum absolute atomic E-state index is 12.5. The van der Waals surface area contributed by atoms with Crippen molar-refractivity contribution in [3.63, 3.8) is 0 Å². The lowest BCUT2D eigenvalue weighted by atomic mass is 10.0. The van der Waals surface area contributed by atoms with Crippen molar-refractivity contribution in [2.75, 3.05) is 0 Å². The number of hydrogen-bond donors (Lipinski definition) is 1. The van der Waals surface area contributed by atoms with Gasteiger partial charge in [-0.2, -0.15) is 0 Å². The van der Waals surface area contributed by atoms with E-state index in [1.54, 1.807) is 42.1 Å². The van der Waals surface area contributed by atoms with E-state index in [2.05, 4.69) is 15.9 Å². The van der Waals surface area contributed by atoms with Crippen molar-refractivity contribution in [3.05, 3.63) is 89.5 Å². The summed E-state index contributed by atoms with van der Waals surface area (Å²) in [5, 5.41) is 9.85. The summed E-state index contributed by atoms with van der Waals surface area (Å²) < 4.78 is -0.586. The van der Waals surface area contributed by atoms with Gasteiger partial charge in [0.15, 0.2) is 11.6 Å². The molecule has 142 valence electrons. The highest BCUT2D eigenvalue weighted by Crippen LogP contribution is 2.30. The third-order valence-electron chi connectivity index (χ3n) is 4.16. The molecule has 3 aromatic rings. The van der Waals surface area contributed by atoms with Crippen LogP contribution in [0.3, 0.4) is 0 Å². The number of phenolic OH excluding ortho intramolecular Hbond substituents is 1. The van der Waals surface area contributed by atoms with Crippen molar-refractivity contribution in [1.82, 2.24) is 0 Å². The first kappa shape index (κ1) is 20.4. The molecule has 0 aliphatic carbocycles. The number of alkyl halides is 1.